The third-order valence-electron chi connectivity index (χ3n) is 5.43. The topological polar surface area (TPSA) is 256 Å². The minimum absolute atomic E-state index is 0. The Morgan fingerprint density at radius 2 is 1.19 bits per heavy atom. The predicted molar refractivity (Wildman–Crippen MR) is 148 cm³/mol. The van der Waals surface area contributed by atoms with E-state index in [1.807, 2.05) is 0 Å². The first-order valence-electron chi connectivity index (χ1n) is 11.3. The standard InChI is InChI=1S/C12H10N4O5S.C11H10N4O4S.Co/c1-5-10(6(2)17)7(18)3-8(19)11(5)14-15-12-13-4-9(22-12)16(20)21;1-5-6(2)10(8(17)3-7(5)16)13-14-11-12-4-9(20-11)15(18)19;/h3-4H,1-2H3,(H2,13,15,17,18,19);3-4H,1-2H3,(H2,12,14,16,17);/q;;+2/p-2. The van der Waals surface area contributed by atoms with Crippen LogP contribution >= 0.6 is 22.7 Å². The van der Waals surface area contributed by atoms with Crippen molar-refractivity contribution < 1.29 is 51.2 Å². The number of thiazole rings is 2. The van der Waals surface area contributed by atoms with Crippen molar-refractivity contribution in [3.8, 4) is 0 Å². The van der Waals surface area contributed by atoms with Crippen molar-refractivity contribution in [3.63, 3.8) is 0 Å². The van der Waals surface area contributed by atoms with Crippen LogP contribution in [0.5, 0.6) is 0 Å². The Kier molecular flexibility index (Phi) is 11.4. The van der Waals surface area contributed by atoms with Gasteiger partial charge in [0.2, 0.25) is 0 Å². The second kappa shape index (κ2) is 14.3. The van der Waals surface area contributed by atoms with Crippen LogP contribution in [0.25, 0.3) is 0 Å². The van der Waals surface area contributed by atoms with E-state index < -0.39 is 27.2 Å². The van der Waals surface area contributed by atoms with Gasteiger partial charge in [0.1, 0.15) is 22.9 Å². The summed E-state index contributed by atoms with van der Waals surface area (Å²) < 4.78 is 0. The fourth-order valence-corrected chi connectivity index (χ4v) is 4.37. The quantitative estimate of drug-likeness (QED) is 0.201. The maximum Gasteiger partial charge on any atom is 2.00 e. The summed E-state index contributed by atoms with van der Waals surface area (Å²) in [5.74, 6) is -2.06. The van der Waals surface area contributed by atoms with Crippen molar-refractivity contribution in [3.05, 3.63) is 88.2 Å². The molecule has 0 aliphatic heterocycles. The minimum atomic E-state index is -0.612. The van der Waals surface area contributed by atoms with Crippen LogP contribution in [0.3, 0.4) is 0 Å². The zero-order valence-corrected chi connectivity index (χ0v) is 25.0. The number of aliphatic hydroxyl groups excluding tert-OH is 2. The first-order chi connectivity index (χ1) is 19.7. The summed E-state index contributed by atoms with van der Waals surface area (Å²) in [6, 6.07) is 0. The van der Waals surface area contributed by atoms with E-state index in [1.165, 1.54) is 13.8 Å². The molecule has 0 spiro atoms. The molecule has 2 aromatic rings. The summed E-state index contributed by atoms with van der Waals surface area (Å²) in [6.07, 6.45) is 4.05. The number of nitrogens with zero attached hydrogens (tertiary/aromatic N) is 8. The number of rotatable bonds is 5. The van der Waals surface area contributed by atoms with Crippen LogP contribution in [-0.4, -0.2) is 48.8 Å². The van der Waals surface area contributed by atoms with Gasteiger partial charge in [-0.1, -0.05) is 22.7 Å². The second-order valence-corrected chi connectivity index (χ2v) is 10.1. The summed E-state index contributed by atoms with van der Waals surface area (Å²) in [5, 5.41) is 55.1. The van der Waals surface area contributed by atoms with Crippen molar-refractivity contribution in [2.24, 2.45) is 20.4 Å². The molecule has 2 N–H and O–H groups in total. The van der Waals surface area contributed by atoms with E-state index in [1.54, 1.807) is 13.8 Å². The fraction of sp³-hybridized carbons (Fsp3) is 0.174. The Morgan fingerprint density at radius 1 is 0.767 bits per heavy atom. The van der Waals surface area contributed by atoms with Crippen LogP contribution in [0.1, 0.15) is 27.7 Å². The number of carbonyl (C=O) groups is 3. The van der Waals surface area contributed by atoms with Crippen molar-refractivity contribution in [1.82, 2.24) is 9.97 Å². The van der Waals surface area contributed by atoms with Crippen molar-refractivity contribution >= 4 is 61.4 Å². The molecule has 225 valence electrons. The fourth-order valence-electron chi connectivity index (χ4n) is 3.27. The average Bonchev–Trinajstić information content (AvgIpc) is 3.57. The van der Waals surface area contributed by atoms with E-state index in [-0.39, 0.29) is 70.5 Å². The molecule has 0 aromatic carbocycles. The average molecular weight is 674 g/mol. The van der Waals surface area contributed by atoms with Gasteiger partial charge in [-0.15, -0.1) is 0 Å². The van der Waals surface area contributed by atoms with Crippen LogP contribution in [0, 0.1) is 20.2 Å². The molecule has 0 atom stereocenters. The summed E-state index contributed by atoms with van der Waals surface area (Å²) in [5.41, 5.74) is 1.17. The number of ketones is 3. The third-order valence-corrected chi connectivity index (χ3v) is 7.10. The van der Waals surface area contributed by atoms with Gasteiger partial charge in [-0.3, -0.25) is 44.8 Å². The molecule has 2 heterocycles. The maximum atomic E-state index is 11.7. The van der Waals surface area contributed by atoms with Crippen molar-refractivity contribution in [1.29, 1.82) is 0 Å². The number of hydrogen-bond donors (Lipinski definition) is 2. The maximum absolute atomic E-state index is 11.7. The molecule has 0 saturated carbocycles. The predicted octanol–water partition coefficient (Wildman–Crippen LogP) is 2.03. The number of allylic oxidation sites excluding steroid dienone is 6. The zero-order valence-electron chi connectivity index (χ0n) is 22.3. The normalized spacial score (nSPS) is 17.9. The number of aliphatic hydroxyl groups is 2. The van der Waals surface area contributed by atoms with E-state index in [9.17, 15) is 44.8 Å². The summed E-state index contributed by atoms with van der Waals surface area (Å²) in [4.78, 5) is 62.0. The van der Waals surface area contributed by atoms with Gasteiger partial charge in [-0.05, 0) is 38.8 Å². The van der Waals surface area contributed by atoms with Gasteiger partial charge < -0.3 is 30.4 Å². The smallest absolute Gasteiger partial charge is 0.506 e. The van der Waals surface area contributed by atoms with Gasteiger partial charge in [0, 0.05) is 39.7 Å². The first kappa shape index (κ1) is 34.3. The molecule has 0 unspecified atom stereocenters. The number of nitro groups is 2. The Balaban J connectivity index is 0.000000295. The van der Waals surface area contributed by atoms with Crippen molar-refractivity contribution in [2.45, 2.75) is 27.7 Å². The number of Topliss-reactive ketones (excluding diaryl/α,β-unsaturated/α-hetero) is 1. The van der Waals surface area contributed by atoms with E-state index in [0.29, 0.717) is 22.5 Å². The zero-order chi connectivity index (χ0) is 31.3. The first-order valence-corrected chi connectivity index (χ1v) is 12.9. The van der Waals surface area contributed by atoms with Gasteiger partial charge in [-0.25, -0.2) is 0 Å². The molecule has 0 fully saturated rings. The van der Waals surface area contributed by atoms with Gasteiger partial charge in [0.25, 0.3) is 0 Å². The molecule has 4 rings (SSSR count). The molecule has 43 heavy (non-hydrogen) atoms. The molecular weight excluding hydrogens is 655 g/mol. The Morgan fingerprint density at radius 3 is 1.58 bits per heavy atom. The summed E-state index contributed by atoms with van der Waals surface area (Å²) in [7, 11) is 0. The number of aromatic nitrogens is 2. The van der Waals surface area contributed by atoms with Crippen LogP contribution in [-0.2, 0) is 31.2 Å². The van der Waals surface area contributed by atoms with E-state index in [2.05, 4.69) is 30.4 Å². The Bertz CT molecular complexity index is 1870. The molecule has 0 saturated heterocycles. The van der Waals surface area contributed by atoms with Gasteiger partial charge >= 0.3 is 26.8 Å². The summed E-state index contributed by atoms with van der Waals surface area (Å²) >= 11 is 1.47. The van der Waals surface area contributed by atoms with Crippen molar-refractivity contribution in [2.75, 3.05) is 0 Å². The van der Waals surface area contributed by atoms with Gasteiger partial charge in [-0.2, -0.15) is 0 Å². The van der Waals surface area contributed by atoms with Crippen LogP contribution in [0.4, 0.5) is 10.0 Å². The number of carbonyl (C=O) groups excluding carboxylic acids is 3. The Labute approximate surface area is 258 Å². The number of hydrogen-bond acceptors (Lipinski definition) is 15. The van der Waals surface area contributed by atoms with Crippen LogP contribution < -0.4 is 19.6 Å². The molecule has 1 radical (unpaired) electrons. The monoisotopic (exact) mass is 673 g/mol. The molecule has 2 aliphatic rings. The largest absolute Gasteiger partial charge is 2.00 e. The molecule has 0 bridgehead atoms. The van der Waals surface area contributed by atoms with Crippen LogP contribution in [0.15, 0.2) is 78.8 Å². The van der Waals surface area contributed by atoms with E-state index in [4.69, 9.17) is 0 Å². The second-order valence-electron chi connectivity index (χ2n) is 8.17. The molecule has 20 heteroatoms. The minimum Gasteiger partial charge on any atom is -0.506 e. The molecule has 17 nitrogen and oxygen atoms in total. The Hall–Kier alpha value is -4.92. The summed E-state index contributed by atoms with van der Waals surface area (Å²) in [6.45, 7) is 5.93. The van der Waals surface area contributed by atoms with E-state index >= 15 is 0 Å². The van der Waals surface area contributed by atoms with Crippen LogP contribution in [0.2, 0.25) is 0 Å². The molecular formula is C23H18CoN8O9S2. The van der Waals surface area contributed by atoms with Gasteiger partial charge in [0.15, 0.2) is 17.3 Å². The van der Waals surface area contributed by atoms with E-state index in [0.717, 1.165) is 35.9 Å². The molecule has 0 amide bonds. The molecule has 2 aliphatic carbocycles. The van der Waals surface area contributed by atoms with Gasteiger partial charge in [0.05, 0.1) is 15.4 Å². The third kappa shape index (κ3) is 8.09. The SMILES string of the molecule is CC(=O)C1=C(C)/C(=N\N=c2/[n-]cc([N+](=O)[O-])s2)C(O)=CC1=O.CC1=C(C)/C(=N\N=c2/[n-]cc([N+](=O)[O-])s2)C(O)=CC1=O.[Co+2]. The molecule has 2 aromatic heterocycles.